The Morgan fingerprint density at radius 1 is 0.303 bits per heavy atom. The van der Waals surface area contributed by atoms with Gasteiger partial charge in [0.15, 0.2) is 22.5 Å². The number of anilines is 4. The van der Waals surface area contributed by atoms with Crippen LogP contribution in [0.5, 0.6) is 0 Å². The molecule has 0 saturated heterocycles. The number of imidazole rings is 4. The Hall–Kier alpha value is -12.8. The maximum Gasteiger partial charge on any atom is 0.234 e. The summed E-state index contributed by atoms with van der Waals surface area (Å²) in [6, 6.07) is 54.8. The highest BCUT2D eigenvalue weighted by Crippen LogP contribution is 2.32. The van der Waals surface area contributed by atoms with Gasteiger partial charge in [0.25, 0.3) is 0 Å². The Bertz CT molecular complexity index is 5940. The maximum atomic E-state index is 5.72. The van der Waals surface area contributed by atoms with E-state index in [9.17, 15) is 0 Å². The van der Waals surface area contributed by atoms with E-state index in [1.54, 1.807) is 12.4 Å². The van der Waals surface area contributed by atoms with Gasteiger partial charge < -0.3 is 28.4 Å². The number of fused-ring (bicyclic) bond motifs is 6. The monoisotopic (exact) mass is 1570 g/mol. The Kier molecular flexibility index (Phi) is 22.8. The third-order valence-corrected chi connectivity index (χ3v) is 18.3. The van der Waals surface area contributed by atoms with Gasteiger partial charge in [-0.3, -0.25) is 17.6 Å². The second-order valence-corrected chi connectivity index (χ2v) is 28.6. The lowest BCUT2D eigenvalue weighted by Gasteiger charge is -2.14. The van der Waals surface area contributed by atoms with Crippen LogP contribution in [0, 0.1) is 34.6 Å². The summed E-state index contributed by atoms with van der Waals surface area (Å²) in [4.78, 5) is 60.7. The van der Waals surface area contributed by atoms with Gasteiger partial charge in [-0.2, -0.15) is 9.97 Å². The third-order valence-electron chi connectivity index (χ3n) is 17.2. The van der Waals surface area contributed by atoms with Crippen molar-refractivity contribution in [1.82, 2.24) is 77.4 Å². The first kappa shape index (κ1) is 74.5. The van der Waals surface area contributed by atoms with E-state index in [1.807, 2.05) is 261 Å². The van der Waals surface area contributed by atoms with Crippen molar-refractivity contribution in [2.75, 3.05) is 76.0 Å². The highest BCUT2D eigenvalue weighted by Gasteiger charge is 2.15. The molecule has 12 aromatic heterocycles. The number of halogens is 2. The Morgan fingerprint density at radius 2 is 0.670 bits per heavy atom. The van der Waals surface area contributed by atoms with Crippen LogP contribution >= 0.6 is 31.9 Å². The van der Waals surface area contributed by atoms with Gasteiger partial charge in [-0.25, -0.2) is 49.8 Å². The molecule has 0 aliphatic heterocycles. The van der Waals surface area contributed by atoms with Crippen molar-refractivity contribution in [2.45, 2.75) is 34.6 Å². The minimum Gasteiger partial charge on any atom is -0.434 e. The van der Waals surface area contributed by atoms with Crippen LogP contribution in [0.3, 0.4) is 0 Å². The summed E-state index contributed by atoms with van der Waals surface area (Å²) < 4.78 is 21.2. The zero-order valence-electron chi connectivity index (χ0n) is 62.7. The second kappa shape index (κ2) is 33.3. The lowest BCUT2D eigenvalue weighted by Crippen LogP contribution is -2.09. The van der Waals surface area contributed by atoms with Gasteiger partial charge in [0.1, 0.15) is 0 Å². The van der Waals surface area contributed by atoms with Crippen LogP contribution in [0.15, 0.2) is 268 Å². The molecule has 6 aromatic carbocycles. The van der Waals surface area contributed by atoms with Crippen LogP contribution in [0.4, 0.5) is 22.7 Å². The number of aryl methyl sites for hydroxylation is 5. The molecule has 22 nitrogen and oxygen atoms in total. The predicted octanol–water partition coefficient (Wildman–Crippen LogP) is 18.7. The summed E-state index contributed by atoms with van der Waals surface area (Å²) in [6.07, 6.45) is 26.9. The summed E-state index contributed by atoms with van der Waals surface area (Å²) in [5.74, 6) is 4.13. The van der Waals surface area contributed by atoms with Gasteiger partial charge in [-0.05, 0) is 174 Å². The molecule has 24 heteroatoms. The van der Waals surface area contributed by atoms with Crippen molar-refractivity contribution in [3.8, 4) is 67.9 Å². The first-order valence-electron chi connectivity index (χ1n) is 34.9. The average molecular weight is 1570 g/mol. The molecule has 18 rings (SSSR count). The topological polar surface area (TPSA) is 212 Å². The lowest BCUT2D eigenvalue weighted by molar-refractivity contribution is 0.619. The van der Waals surface area contributed by atoms with Crippen LogP contribution in [0.25, 0.3) is 114 Å². The number of benzene rings is 6. The van der Waals surface area contributed by atoms with Gasteiger partial charge in [0.05, 0.1) is 28.5 Å². The molecule has 0 amide bonds. The summed E-state index contributed by atoms with van der Waals surface area (Å²) >= 11 is 6.98. The molecule has 0 unspecified atom stereocenters. The van der Waals surface area contributed by atoms with Crippen molar-refractivity contribution < 1.29 is 8.83 Å². The van der Waals surface area contributed by atoms with E-state index < -0.39 is 0 Å². The number of oxazole rings is 2. The van der Waals surface area contributed by atoms with Crippen molar-refractivity contribution in [1.29, 1.82) is 0 Å². The van der Waals surface area contributed by atoms with Crippen LogP contribution in [-0.2, 0) is 0 Å². The lowest BCUT2D eigenvalue weighted by atomic mass is 10.1. The maximum absolute atomic E-state index is 5.72. The summed E-state index contributed by atoms with van der Waals surface area (Å²) in [7, 11) is 16.2. The van der Waals surface area contributed by atoms with Crippen LogP contribution in [-0.4, -0.2) is 134 Å². The zero-order valence-corrected chi connectivity index (χ0v) is 65.9. The molecule has 0 N–H and O–H groups in total. The molecule has 0 saturated carbocycles. The SMILES string of the molecule is CN(C)c1ccc(-c2nc3ncc(Br)cc3o2)cc1.CN(C)c1ccc(-c2nc3ncccc3o2)cc1.Cc1ccc(-c2cn3cc(C)cnc3n2)cc1.Cc1cnc2nc(-c3ccc(N(C)C)c(Br)c3)cn2c1.Cc1cnc2nc(-c3ccc(N(C)C)cc3)cn2c1.Cc1cnc2nc(-c3ccccc3)cn2c1. The summed E-state index contributed by atoms with van der Waals surface area (Å²) in [6.45, 7) is 10.2. The van der Waals surface area contributed by atoms with Crippen LogP contribution < -0.4 is 19.6 Å². The molecular weight excluding hydrogens is 1490 g/mol. The Balaban J connectivity index is 0.000000115. The van der Waals surface area contributed by atoms with Gasteiger partial charge in [0, 0.05) is 209 Å². The third kappa shape index (κ3) is 18.4. The van der Waals surface area contributed by atoms with E-state index >= 15 is 0 Å². The van der Waals surface area contributed by atoms with E-state index in [1.165, 1.54) is 11.3 Å². The summed E-state index contributed by atoms with van der Waals surface area (Å²) in [5, 5.41) is 0. The number of nitrogens with zero attached hydrogens (tertiary/aromatic N) is 20. The molecule has 0 atom stereocenters. The number of pyridine rings is 2. The largest absolute Gasteiger partial charge is 0.434 e. The molecule has 546 valence electrons. The minimum atomic E-state index is 0.589. The first-order valence-corrected chi connectivity index (χ1v) is 36.5. The van der Waals surface area contributed by atoms with Gasteiger partial charge in [-0.15, -0.1) is 0 Å². The van der Waals surface area contributed by atoms with Gasteiger partial charge in [0.2, 0.25) is 34.9 Å². The molecule has 0 aliphatic rings. The van der Waals surface area contributed by atoms with Crippen molar-refractivity contribution in [3.05, 3.63) is 287 Å². The minimum absolute atomic E-state index is 0.589. The molecular formula is C85H80Br2N20O2. The van der Waals surface area contributed by atoms with Crippen LogP contribution in [0.2, 0.25) is 0 Å². The first-order chi connectivity index (χ1) is 52.6. The van der Waals surface area contributed by atoms with E-state index in [2.05, 4.69) is 197 Å². The number of hydrogen-bond donors (Lipinski definition) is 0. The number of hydrogen-bond acceptors (Lipinski definition) is 18. The van der Waals surface area contributed by atoms with Crippen LogP contribution in [0.1, 0.15) is 27.8 Å². The highest BCUT2D eigenvalue weighted by molar-refractivity contribution is 9.10. The number of rotatable bonds is 10. The molecule has 0 aliphatic carbocycles. The Morgan fingerprint density at radius 3 is 1.06 bits per heavy atom. The molecule has 0 radical (unpaired) electrons. The Labute approximate surface area is 648 Å². The van der Waals surface area contributed by atoms with E-state index in [-0.39, 0.29) is 0 Å². The molecule has 109 heavy (non-hydrogen) atoms. The highest BCUT2D eigenvalue weighted by atomic mass is 79.9. The average Bonchev–Trinajstić information content (AvgIpc) is 1.71. The van der Waals surface area contributed by atoms with Crippen molar-refractivity contribution >= 4 is 100 Å². The van der Waals surface area contributed by atoms with Gasteiger partial charge in [-0.1, -0.05) is 78.4 Å². The fraction of sp³-hybridized carbons (Fsp3) is 0.153. The van der Waals surface area contributed by atoms with Crippen molar-refractivity contribution in [3.63, 3.8) is 0 Å². The van der Waals surface area contributed by atoms with E-state index in [0.717, 1.165) is 128 Å². The molecule has 0 fully saturated rings. The smallest absolute Gasteiger partial charge is 0.234 e. The van der Waals surface area contributed by atoms with Gasteiger partial charge >= 0.3 is 0 Å². The second-order valence-electron chi connectivity index (χ2n) is 26.8. The standard InChI is InChI=1S/C15H15BrN4.C15H16N4.C14H12BrN3O.C14H13N3O.C14H13N3.C13H11N3/c1-10-7-17-15-18-13(9-20(15)8-10)11-4-5-14(19(2)3)12(16)6-11;1-11-8-16-15-17-14(10-19(15)9-11)12-4-6-13(7-5-12)18(2)3;1-18(2)11-5-3-9(4-6-11)14-17-13-12(19-14)7-10(15)8-16-13;1-17(2)11-7-5-10(6-8-11)14-16-13-12(18-14)4-3-9-15-13;1-10-3-5-12(6-4-10)13-9-17-8-11(2)7-15-14(17)16-13;1-10-7-14-13-15-12(9-16(13)8-10)11-5-3-2-4-6-11/h4-9H,1-3H3;4-10H,1-3H3;3-8H,1-2H3;3-9H,1-2H3;3-9H,1-2H3;2-9H,1H3. The quantitative estimate of drug-likeness (QED) is 0.125. The fourth-order valence-electron chi connectivity index (χ4n) is 11.4. The van der Waals surface area contributed by atoms with E-state index in [4.69, 9.17) is 8.83 Å². The molecule has 12 heterocycles. The normalized spacial score (nSPS) is 10.9. The molecule has 18 aromatic rings. The predicted molar refractivity (Wildman–Crippen MR) is 445 cm³/mol. The number of aromatic nitrogens is 16. The molecule has 0 bridgehead atoms. The fourth-order valence-corrected chi connectivity index (χ4v) is 12.5. The van der Waals surface area contributed by atoms with E-state index in [0.29, 0.717) is 34.2 Å². The zero-order chi connectivity index (χ0) is 76.4. The van der Waals surface area contributed by atoms with Crippen molar-refractivity contribution in [2.24, 2.45) is 0 Å². The molecule has 0 spiro atoms. The summed E-state index contributed by atoms with van der Waals surface area (Å²) in [5.41, 5.74) is 23.1.